The predicted octanol–water partition coefficient (Wildman–Crippen LogP) is 2.40. The van der Waals surface area contributed by atoms with Crippen molar-refractivity contribution in [1.82, 2.24) is 4.98 Å². The van der Waals surface area contributed by atoms with Gasteiger partial charge in [0.2, 0.25) is 0 Å². The molecule has 0 saturated carbocycles. The maximum absolute atomic E-state index is 13.5. The minimum absolute atomic E-state index is 0.0386. The van der Waals surface area contributed by atoms with Gasteiger partial charge in [-0.1, -0.05) is 6.92 Å². The molecule has 1 unspecified atom stereocenters. The lowest BCUT2D eigenvalue weighted by Crippen LogP contribution is -2.01. The highest BCUT2D eigenvalue weighted by Crippen LogP contribution is 2.23. The first-order valence-corrected chi connectivity index (χ1v) is 4.59. The number of aliphatic hydroxyl groups is 1. The van der Waals surface area contributed by atoms with E-state index in [1.54, 1.807) is 19.2 Å². The first-order chi connectivity index (χ1) is 6.72. The minimum Gasteiger partial charge on any atom is -0.396 e. The van der Waals surface area contributed by atoms with Crippen molar-refractivity contribution >= 4 is 10.9 Å². The molecule has 2 nitrogen and oxygen atoms in total. The molecule has 74 valence electrons. The molecular weight excluding hydrogens is 181 g/mol. The van der Waals surface area contributed by atoms with E-state index in [1.807, 2.05) is 6.07 Å². The average molecular weight is 193 g/mol. The molecule has 0 aliphatic rings. The van der Waals surface area contributed by atoms with Crippen LogP contribution in [0.2, 0.25) is 0 Å². The number of fused-ring (bicyclic) bond motifs is 1. The second kappa shape index (κ2) is 3.42. The highest BCUT2D eigenvalue weighted by atomic mass is 19.1. The second-order valence-electron chi connectivity index (χ2n) is 3.52. The molecule has 1 atom stereocenters. The molecule has 0 fully saturated rings. The van der Waals surface area contributed by atoms with Gasteiger partial charge in [-0.3, -0.25) is 0 Å². The van der Waals surface area contributed by atoms with Crippen molar-refractivity contribution in [1.29, 1.82) is 0 Å². The van der Waals surface area contributed by atoms with Crippen LogP contribution in [0.25, 0.3) is 10.9 Å². The second-order valence-corrected chi connectivity index (χ2v) is 3.52. The molecule has 1 heterocycles. The Morgan fingerprint density at radius 3 is 3.00 bits per heavy atom. The molecule has 0 saturated heterocycles. The van der Waals surface area contributed by atoms with Crippen molar-refractivity contribution in [3.8, 4) is 0 Å². The van der Waals surface area contributed by atoms with Gasteiger partial charge in [0.1, 0.15) is 5.82 Å². The van der Waals surface area contributed by atoms with E-state index in [0.717, 1.165) is 10.9 Å². The predicted molar refractivity (Wildman–Crippen MR) is 53.8 cm³/mol. The highest BCUT2D eigenvalue weighted by molar-refractivity contribution is 5.80. The zero-order valence-electron chi connectivity index (χ0n) is 7.92. The normalized spacial score (nSPS) is 13.4. The monoisotopic (exact) mass is 193 g/mol. The molecule has 0 spiro atoms. The maximum Gasteiger partial charge on any atom is 0.127 e. The number of aromatic amines is 1. The fourth-order valence-electron chi connectivity index (χ4n) is 1.57. The van der Waals surface area contributed by atoms with Crippen molar-refractivity contribution < 1.29 is 9.50 Å². The van der Waals surface area contributed by atoms with E-state index in [9.17, 15) is 4.39 Å². The highest BCUT2D eigenvalue weighted by Gasteiger charge is 2.11. The Labute approximate surface area is 81.4 Å². The van der Waals surface area contributed by atoms with E-state index in [4.69, 9.17) is 5.11 Å². The maximum atomic E-state index is 13.5. The third-order valence-corrected chi connectivity index (χ3v) is 2.48. The Kier molecular flexibility index (Phi) is 2.25. The quantitative estimate of drug-likeness (QED) is 0.754. The van der Waals surface area contributed by atoms with Crippen LogP contribution in [0, 0.1) is 5.82 Å². The summed E-state index contributed by atoms with van der Waals surface area (Å²) < 4.78 is 13.5. The molecule has 1 aromatic heterocycles. The number of hydrogen-bond donors (Lipinski definition) is 2. The van der Waals surface area contributed by atoms with Crippen LogP contribution in [0.5, 0.6) is 0 Å². The van der Waals surface area contributed by atoms with E-state index in [-0.39, 0.29) is 18.3 Å². The third kappa shape index (κ3) is 1.40. The fraction of sp³-hybridized carbons (Fsp3) is 0.273. The zero-order valence-corrected chi connectivity index (χ0v) is 7.92. The summed E-state index contributed by atoms with van der Waals surface area (Å²) in [5.41, 5.74) is 1.46. The number of hydrogen-bond acceptors (Lipinski definition) is 1. The molecule has 2 aromatic rings. The van der Waals surface area contributed by atoms with Crippen molar-refractivity contribution in [2.75, 3.05) is 6.61 Å². The molecule has 1 aromatic carbocycles. The Hall–Kier alpha value is -1.35. The molecule has 2 N–H and O–H groups in total. The molecule has 3 heteroatoms. The molecular formula is C11H12FNO. The van der Waals surface area contributed by atoms with Crippen molar-refractivity contribution in [2.24, 2.45) is 0 Å². The molecule has 0 aliphatic heterocycles. The Bertz CT molecular complexity index is 449. The molecule has 0 bridgehead atoms. The zero-order chi connectivity index (χ0) is 10.1. The van der Waals surface area contributed by atoms with Gasteiger partial charge in [-0.05, 0) is 23.8 Å². The van der Waals surface area contributed by atoms with Crippen molar-refractivity contribution in [3.05, 3.63) is 35.8 Å². The van der Waals surface area contributed by atoms with Gasteiger partial charge < -0.3 is 10.1 Å². The van der Waals surface area contributed by atoms with Gasteiger partial charge >= 0.3 is 0 Å². The topological polar surface area (TPSA) is 36.0 Å². The Balaban J connectivity index is 2.58. The average Bonchev–Trinajstić information content (AvgIpc) is 2.62. The van der Waals surface area contributed by atoms with E-state index in [1.165, 1.54) is 6.07 Å². The smallest absolute Gasteiger partial charge is 0.127 e. The first kappa shape index (κ1) is 9.21. The lowest BCUT2D eigenvalue weighted by molar-refractivity contribution is 0.270. The van der Waals surface area contributed by atoms with E-state index >= 15 is 0 Å². The van der Waals surface area contributed by atoms with Crippen LogP contribution in [-0.4, -0.2) is 16.7 Å². The third-order valence-electron chi connectivity index (χ3n) is 2.48. The van der Waals surface area contributed by atoms with Gasteiger partial charge in [-0.2, -0.15) is 0 Å². The van der Waals surface area contributed by atoms with Crippen molar-refractivity contribution in [3.63, 3.8) is 0 Å². The summed E-state index contributed by atoms with van der Waals surface area (Å²) in [7, 11) is 0. The number of nitrogens with one attached hydrogen (secondary N) is 1. The number of aromatic nitrogens is 1. The Morgan fingerprint density at radius 2 is 2.29 bits per heavy atom. The summed E-state index contributed by atoms with van der Waals surface area (Å²) in [6.07, 6.45) is 1.78. The van der Waals surface area contributed by atoms with Crippen LogP contribution in [0.4, 0.5) is 4.39 Å². The standard InChI is InChI=1S/C11H12FNO/c1-7(6-14)9-5-11-8(2-3-13-11)4-10(9)12/h2-5,7,13-14H,6H2,1H3. The van der Waals surface area contributed by atoms with Crippen LogP contribution < -0.4 is 0 Å². The summed E-state index contributed by atoms with van der Waals surface area (Å²) in [6.45, 7) is 1.76. The molecule has 2 rings (SSSR count). The van der Waals surface area contributed by atoms with Gasteiger partial charge in [-0.15, -0.1) is 0 Å². The van der Waals surface area contributed by atoms with E-state index in [0.29, 0.717) is 5.56 Å². The lowest BCUT2D eigenvalue weighted by atomic mass is 10.0. The summed E-state index contributed by atoms with van der Waals surface area (Å²) >= 11 is 0. The lowest BCUT2D eigenvalue weighted by Gasteiger charge is -2.09. The van der Waals surface area contributed by atoms with E-state index < -0.39 is 0 Å². The first-order valence-electron chi connectivity index (χ1n) is 4.59. The van der Waals surface area contributed by atoms with Crippen LogP contribution in [0.1, 0.15) is 18.4 Å². The molecule has 14 heavy (non-hydrogen) atoms. The number of benzene rings is 1. The van der Waals surface area contributed by atoms with Crippen molar-refractivity contribution in [2.45, 2.75) is 12.8 Å². The van der Waals surface area contributed by atoms with Crippen LogP contribution in [0.3, 0.4) is 0 Å². The van der Waals surface area contributed by atoms with E-state index in [2.05, 4.69) is 4.98 Å². The summed E-state index contributed by atoms with van der Waals surface area (Å²) in [5, 5.41) is 9.82. The van der Waals surface area contributed by atoms with Crippen LogP contribution >= 0.6 is 0 Å². The van der Waals surface area contributed by atoms with Gasteiger partial charge in [-0.25, -0.2) is 4.39 Å². The molecule has 0 amide bonds. The van der Waals surface area contributed by atoms with Gasteiger partial charge in [0.15, 0.2) is 0 Å². The Morgan fingerprint density at radius 1 is 1.50 bits per heavy atom. The van der Waals surface area contributed by atoms with Crippen LogP contribution in [-0.2, 0) is 0 Å². The SMILES string of the molecule is CC(CO)c1cc2[nH]ccc2cc1F. The van der Waals surface area contributed by atoms with Gasteiger partial charge in [0, 0.05) is 29.6 Å². The summed E-state index contributed by atoms with van der Waals surface area (Å²) in [4.78, 5) is 3.02. The largest absolute Gasteiger partial charge is 0.396 e. The number of H-pyrrole nitrogens is 1. The summed E-state index contributed by atoms with van der Waals surface area (Å²) in [5.74, 6) is -0.415. The fourth-order valence-corrected chi connectivity index (χ4v) is 1.57. The van der Waals surface area contributed by atoms with Gasteiger partial charge in [0.25, 0.3) is 0 Å². The summed E-state index contributed by atoms with van der Waals surface area (Å²) in [6, 6.07) is 5.07. The number of aliphatic hydroxyl groups excluding tert-OH is 1. The number of rotatable bonds is 2. The number of halogens is 1. The molecule has 0 aliphatic carbocycles. The van der Waals surface area contributed by atoms with Gasteiger partial charge in [0.05, 0.1) is 0 Å². The van der Waals surface area contributed by atoms with Crippen LogP contribution in [0.15, 0.2) is 24.4 Å². The molecule has 0 radical (unpaired) electrons. The minimum atomic E-state index is -0.251.